The lowest BCUT2D eigenvalue weighted by Gasteiger charge is -2.19. The summed E-state index contributed by atoms with van der Waals surface area (Å²) < 4.78 is 5.96. The number of benzene rings is 1. The Morgan fingerprint density at radius 3 is 2.45 bits per heavy atom. The van der Waals surface area contributed by atoms with Gasteiger partial charge in [-0.25, -0.2) is 0 Å². The Morgan fingerprint density at radius 1 is 1.10 bits per heavy atom. The Balaban J connectivity index is 2.45. The molecule has 0 unspecified atom stereocenters. The third-order valence-electron chi connectivity index (χ3n) is 4.84. The van der Waals surface area contributed by atoms with Crippen molar-refractivity contribution in [2.75, 3.05) is 5.73 Å². The second-order valence-corrected chi connectivity index (χ2v) is 7.26. The van der Waals surface area contributed by atoms with Crippen LogP contribution < -0.4 is 5.73 Å². The van der Waals surface area contributed by atoms with Crippen LogP contribution in [-0.2, 0) is 11.2 Å². The second kappa shape index (κ2) is 10.9. The number of rotatable bonds is 8. The maximum Gasteiger partial charge on any atom is 0.137 e. The summed E-state index contributed by atoms with van der Waals surface area (Å²) in [5, 5.41) is 18.5. The van der Waals surface area contributed by atoms with Crippen LogP contribution in [0, 0.1) is 22.7 Å². The molecule has 1 aromatic rings. The van der Waals surface area contributed by atoms with Crippen LogP contribution in [-0.4, -0.2) is 0 Å². The summed E-state index contributed by atoms with van der Waals surface area (Å²) in [5.74, 6) is 1.33. The van der Waals surface area contributed by atoms with Crippen molar-refractivity contribution in [3.8, 4) is 12.1 Å². The van der Waals surface area contributed by atoms with Crippen LogP contribution in [0.1, 0.15) is 64.0 Å². The smallest absolute Gasteiger partial charge is 0.137 e. The fourth-order valence-electron chi connectivity index (χ4n) is 3.20. The zero-order valence-electron chi connectivity index (χ0n) is 17.6. The fourth-order valence-corrected chi connectivity index (χ4v) is 3.20. The molecule has 4 heteroatoms. The molecule has 0 bridgehead atoms. The van der Waals surface area contributed by atoms with Gasteiger partial charge in [-0.05, 0) is 73.6 Å². The zero-order valence-corrected chi connectivity index (χ0v) is 17.6. The van der Waals surface area contributed by atoms with E-state index in [-0.39, 0.29) is 5.57 Å². The molecule has 0 saturated heterocycles. The van der Waals surface area contributed by atoms with Crippen molar-refractivity contribution in [3.63, 3.8) is 0 Å². The molecule has 0 radical (unpaired) electrons. The van der Waals surface area contributed by atoms with Gasteiger partial charge in [-0.3, -0.25) is 0 Å². The molecule has 4 nitrogen and oxygen atoms in total. The lowest BCUT2D eigenvalue weighted by Crippen LogP contribution is -2.03. The van der Waals surface area contributed by atoms with Gasteiger partial charge in [0.2, 0.25) is 0 Å². The van der Waals surface area contributed by atoms with Gasteiger partial charge in [-0.2, -0.15) is 10.5 Å². The molecule has 1 aliphatic rings. The average Bonchev–Trinajstić information content (AvgIpc) is 2.71. The number of aryl methyl sites for hydroxylation is 1. The van der Waals surface area contributed by atoms with Crippen LogP contribution in [0.5, 0.6) is 0 Å². The van der Waals surface area contributed by atoms with E-state index in [9.17, 15) is 10.5 Å². The van der Waals surface area contributed by atoms with E-state index >= 15 is 0 Å². The fraction of sp³-hybridized carbons (Fsp3) is 0.360. The van der Waals surface area contributed by atoms with E-state index in [1.807, 2.05) is 19.1 Å². The first-order chi connectivity index (χ1) is 14.0. The van der Waals surface area contributed by atoms with Crippen molar-refractivity contribution < 1.29 is 4.74 Å². The SMILES string of the molecule is CCCCC(=Cc1ccc(CCCC)cc1N)C1=CC(=C(C#N)C#N)C=C(C)O1. The molecule has 29 heavy (non-hydrogen) atoms. The Labute approximate surface area is 174 Å². The van der Waals surface area contributed by atoms with Crippen LogP contribution in [0.2, 0.25) is 0 Å². The number of hydrogen-bond acceptors (Lipinski definition) is 4. The molecule has 150 valence electrons. The van der Waals surface area contributed by atoms with Crippen molar-refractivity contribution in [2.24, 2.45) is 0 Å². The van der Waals surface area contributed by atoms with Gasteiger partial charge in [0, 0.05) is 11.3 Å². The third kappa shape index (κ3) is 6.13. The summed E-state index contributed by atoms with van der Waals surface area (Å²) in [6, 6.07) is 10.2. The first-order valence-corrected chi connectivity index (χ1v) is 10.2. The quantitative estimate of drug-likeness (QED) is 0.416. The lowest BCUT2D eigenvalue weighted by molar-refractivity contribution is 0.309. The summed E-state index contributed by atoms with van der Waals surface area (Å²) in [6.45, 7) is 6.15. The van der Waals surface area contributed by atoms with Gasteiger partial charge in [0.05, 0.1) is 0 Å². The molecule has 0 aromatic heterocycles. The number of anilines is 1. The minimum Gasteiger partial charge on any atom is -0.462 e. The molecule has 0 spiro atoms. The van der Waals surface area contributed by atoms with Gasteiger partial charge < -0.3 is 10.5 Å². The highest BCUT2D eigenvalue weighted by Gasteiger charge is 2.16. The molecule has 2 N–H and O–H groups in total. The number of nitriles is 2. The third-order valence-corrected chi connectivity index (χ3v) is 4.84. The maximum atomic E-state index is 9.23. The van der Waals surface area contributed by atoms with Crippen molar-refractivity contribution in [1.29, 1.82) is 10.5 Å². The summed E-state index contributed by atoms with van der Waals surface area (Å²) in [6.07, 6.45) is 11.8. The predicted molar refractivity (Wildman–Crippen MR) is 118 cm³/mol. The van der Waals surface area contributed by atoms with E-state index in [0.29, 0.717) is 17.1 Å². The topological polar surface area (TPSA) is 82.8 Å². The zero-order chi connectivity index (χ0) is 21.2. The molecule has 0 atom stereocenters. The Morgan fingerprint density at radius 2 is 1.83 bits per heavy atom. The van der Waals surface area contributed by atoms with Crippen LogP contribution in [0.15, 0.2) is 58.6 Å². The van der Waals surface area contributed by atoms with Gasteiger partial charge in [0.1, 0.15) is 29.2 Å². The van der Waals surface area contributed by atoms with Crippen LogP contribution in [0.3, 0.4) is 0 Å². The number of allylic oxidation sites excluding steroid dienone is 6. The molecule has 1 heterocycles. The maximum absolute atomic E-state index is 9.23. The van der Waals surface area contributed by atoms with Crippen LogP contribution in [0.25, 0.3) is 6.08 Å². The van der Waals surface area contributed by atoms with Crippen molar-refractivity contribution in [3.05, 3.63) is 69.7 Å². The second-order valence-electron chi connectivity index (χ2n) is 7.26. The largest absolute Gasteiger partial charge is 0.462 e. The van der Waals surface area contributed by atoms with Crippen molar-refractivity contribution in [1.82, 2.24) is 0 Å². The molecule has 0 amide bonds. The molecule has 0 saturated carbocycles. The molecule has 0 fully saturated rings. The number of ether oxygens (including phenoxy) is 1. The molecular weight excluding hydrogens is 358 g/mol. The van der Waals surface area contributed by atoms with E-state index in [0.717, 1.165) is 55.3 Å². The Bertz CT molecular complexity index is 933. The number of nitrogens with zero attached hydrogens (tertiary/aromatic N) is 2. The molecule has 1 aromatic carbocycles. The normalized spacial score (nSPS) is 13.7. The van der Waals surface area contributed by atoms with E-state index in [2.05, 4.69) is 38.1 Å². The minimum absolute atomic E-state index is 0.0831. The Kier molecular flexibility index (Phi) is 8.31. The first kappa shape index (κ1) is 22.1. The summed E-state index contributed by atoms with van der Waals surface area (Å²) in [4.78, 5) is 0. The van der Waals surface area contributed by atoms with E-state index in [1.165, 1.54) is 5.56 Å². The average molecular weight is 388 g/mol. The van der Waals surface area contributed by atoms with Gasteiger partial charge in [0.25, 0.3) is 0 Å². The summed E-state index contributed by atoms with van der Waals surface area (Å²) >= 11 is 0. The van der Waals surface area contributed by atoms with Gasteiger partial charge in [0.15, 0.2) is 0 Å². The lowest BCUT2D eigenvalue weighted by atomic mass is 9.97. The standard InChI is InChI=1S/C25H29N3O/c1-4-6-8-19-10-11-20(24(28)13-19)14-21(9-7-5-2)25-15-22(12-18(3)29-25)23(16-26)17-27/h10-15H,4-9,28H2,1-3H3. The van der Waals surface area contributed by atoms with Crippen LogP contribution >= 0.6 is 0 Å². The number of hydrogen-bond donors (Lipinski definition) is 1. The summed E-state index contributed by atoms with van der Waals surface area (Å²) in [5.41, 5.74) is 11.0. The molecule has 0 aliphatic carbocycles. The number of nitrogen functional groups attached to an aromatic ring is 1. The van der Waals surface area contributed by atoms with E-state index in [1.54, 1.807) is 12.2 Å². The van der Waals surface area contributed by atoms with Crippen molar-refractivity contribution >= 4 is 11.8 Å². The number of nitrogens with two attached hydrogens (primary N) is 1. The predicted octanol–water partition coefficient (Wildman–Crippen LogP) is 6.35. The van der Waals surface area contributed by atoms with E-state index < -0.39 is 0 Å². The Hall–Kier alpha value is -3.24. The first-order valence-electron chi connectivity index (χ1n) is 10.2. The highest BCUT2D eigenvalue weighted by Crippen LogP contribution is 2.31. The molecule has 1 aliphatic heterocycles. The molecular formula is C25H29N3O. The van der Waals surface area contributed by atoms with E-state index in [4.69, 9.17) is 10.5 Å². The summed E-state index contributed by atoms with van der Waals surface area (Å²) in [7, 11) is 0. The van der Waals surface area contributed by atoms with Gasteiger partial charge in [-0.1, -0.05) is 38.8 Å². The van der Waals surface area contributed by atoms with Crippen LogP contribution in [0.4, 0.5) is 5.69 Å². The van der Waals surface area contributed by atoms with Crippen molar-refractivity contribution in [2.45, 2.75) is 59.3 Å². The minimum atomic E-state index is 0.0831. The van der Waals surface area contributed by atoms with Gasteiger partial charge in [-0.15, -0.1) is 0 Å². The van der Waals surface area contributed by atoms with Gasteiger partial charge >= 0.3 is 0 Å². The highest BCUT2D eigenvalue weighted by atomic mass is 16.5. The molecule has 2 rings (SSSR count). The number of unbranched alkanes of at least 4 members (excludes halogenated alkanes) is 2. The highest BCUT2D eigenvalue weighted by molar-refractivity contribution is 5.69. The monoisotopic (exact) mass is 387 g/mol.